The summed E-state index contributed by atoms with van der Waals surface area (Å²) in [5, 5.41) is 12.0. The lowest BCUT2D eigenvalue weighted by Gasteiger charge is -2.06. The molecule has 6 heteroatoms. The highest BCUT2D eigenvalue weighted by molar-refractivity contribution is 6.06. The lowest BCUT2D eigenvalue weighted by Crippen LogP contribution is -2.12. The van der Waals surface area contributed by atoms with Crippen molar-refractivity contribution in [2.24, 2.45) is 0 Å². The van der Waals surface area contributed by atoms with E-state index in [1.165, 1.54) is 18.3 Å². The first-order valence-corrected chi connectivity index (χ1v) is 5.07. The lowest BCUT2D eigenvalue weighted by atomic mass is 10.2. The van der Waals surface area contributed by atoms with Crippen LogP contribution in [0.3, 0.4) is 0 Å². The summed E-state index contributed by atoms with van der Waals surface area (Å²) in [6.07, 6.45) is 1.38. The molecule has 92 valence electrons. The number of phenolic OH excluding ortho intramolecular Hbond substituents is 1. The van der Waals surface area contributed by atoms with Gasteiger partial charge in [-0.25, -0.2) is 9.37 Å². The number of nitrogens with zero attached hydrogens (tertiary/aromatic N) is 1. The molecule has 0 radical (unpaired) electrons. The van der Waals surface area contributed by atoms with E-state index in [1.807, 2.05) is 0 Å². The van der Waals surface area contributed by atoms with Crippen molar-refractivity contribution >= 4 is 17.4 Å². The van der Waals surface area contributed by atoms with E-state index in [1.54, 1.807) is 6.07 Å². The number of nitrogens with one attached hydrogen (secondary N) is 1. The molecule has 0 unspecified atom stereocenters. The van der Waals surface area contributed by atoms with Gasteiger partial charge in [-0.05, 0) is 24.3 Å². The molecule has 2 rings (SSSR count). The fourth-order valence-corrected chi connectivity index (χ4v) is 1.37. The number of rotatable bonds is 2. The molecule has 1 aromatic carbocycles. The maximum Gasteiger partial charge on any atom is 0.259 e. The van der Waals surface area contributed by atoms with Gasteiger partial charge in [0, 0.05) is 6.07 Å². The van der Waals surface area contributed by atoms with Gasteiger partial charge in [0.1, 0.15) is 17.4 Å². The smallest absolute Gasteiger partial charge is 0.259 e. The second-order valence-electron chi connectivity index (χ2n) is 3.59. The van der Waals surface area contributed by atoms with E-state index in [2.05, 4.69) is 10.3 Å². The van der Waals surface area contributed by atoms with Gasteiger partial charge in [-0.15, -0.1) is 0 Å². The molecule has 2 aromatic rings. The fraction of sp³-hybridized carbons (Fsp3) is 0. The van der Waals surface area contributed by atoms with E-state index in [4.69, 9.17) is 5.73 Å². The molecule has 0 aliphatic heterocycles. The number of anilines is 2. The van der Waals surface area contributed by atoms with Crippen LogP contribution in [0.2, 0.25) is 0 Å². The van der Waals surface area contributed by atoms with Crippen molar-refractivity contribution in [3.05, 3.63) is 47.9 Å². The number of pyridine rings is 1. The van der Waals surface area contributed by atoms with Gasteiger partial charge < -0.3 is 16.2 Å². The van der Waals surface area contributed by atoms with E-state index < -0.39 is 17.5 Å². The van der Waals surface area contributed by atoms with Crippen LogP contribution in [0.5, 0.6) is 5.75 Å². The largest absolute Gasteiger partial charge is 0.507 e. The van der Waals surface area contributed by atoms with Crippen LogP contribution in [0.15, 0.2) is 36.5 Å². The average molecular weight is 247 g/mol. The molecule has 5 nitrogen and oxygen atoms in total. The summed E-state index contributed by atoms with van der Waals surface area (Å²) >= 11 is 0. The molecule has 0 aliphatic carbocycles. The normalized spacial score (nSPS) is 10.1. The zero-order chi connectivity index (χ0) is 13.1. The molecule has 0 bridgehead atoms. The van der Waals surface area contributed by atoms with Gasteiger partial charge in [-0.1, -0.05) is 0 Å². The van der Waals surface area contributed by atoms with Gasteiger partial charge in [0.2, 0.25) is 0 Å². The molecule has 0 spiro atoms. The zero-order valence-electron chi connectivity index (χ0n) is 9.22. The van der Waals surface area contributed by atoms with Crippen LogP contribution in [0.25, 0.3) is 0 Å². The molecule has 0 atom stereocenters. The first-order chi connectivity index (χ1) is 8.56. The van der Waals surface area contributed by atoms with Gasteiger partial charge in [0.25, 0.3) is 5.91 Å². The third kappa shape index (κ3) is 2.54. The molecule has 0 aliphatic rings. The SMILES string of the molecule is Nc1ccc(NC(=O)c2ccc(F)cc2O)cn1. The number of aromatic hydroxyl groups is 1. The van der Waals surface area contributed by atoms with Crippen molar-refractivity contribution in [3.8, 4) is 5.75 Å². The van der Waals surface area contributed by atoms with Gasteiger partial charge in [-0.3, -0.25) is 4.79 Å². The summed E-state index contributed by atoms with van der Waals surface area (Å²) in [7, 11) is 0. The van der Waals surface area contributed by atoms with Crippen molar-refractivity contribution in [2.45, 2.75) is 0 Å². The zero-order valence-corrected chi connectivity index (χ0v) is 9.22. The second kappa shape index (κ2) is 4.70. The van der Waals surface area contributed by atoms with Crippen LogP contribution in [0.4, 0.5) is 15.9 Å². The number of hydrogen-bond acceptors (Lipinski definition) is 4. The molecule has 0 fully saturated rings. The maximum atomic E-state index is 12.8. The minimum atomic E-state index is -0.613. The summed E-state index contributed by atoms with van der Waals surface area (Å²) < 4.78 is 12.8. The molecule has 0 saturated heterocycles. The van der Waals surface area contributed by atoms with Crippen LogP contribution in [0.1, 0.15) is 10.4 Å². The van der Waals surface area contributed by atoms with Crippen molar-refractivity contribution in [1.29, 1.82) is 0 Å². The molecular formula is C12H10FN3O2. The Balaban J connectivity index is 2.19. The Bertz CT molecular complexity index is 584. The highest BCUT2D eigenvalue weighted by atomic mass is 19.1. The number of hydrogen-bond donors (Lipinski definition) is 3. The molecular weight excluding hydrogens is 237 g/mol. The Labute approximate surface area is 102 Å². The Kier molecular flexibility index (Phi) is 3.09. The summed E-state index contributed by atoms with van der Waals surface area (Å²) in [6.45, 7) is 0. The van der Waals surface area contributed by atoms with Crippen molar-refractivity contribution in [3.63, 3.8) is 0 Å². The topological polar surface area (TPSA) is 88.2 Å². The van der Waals surface area contributed by atoms with Gasteiger partial charge in [0.05, 0.1) is 17.4 Å². The number of carbonyl (C=O) groups is 1. The van der Waals surface area contributed by atoms with E-state index in [9.17, 15) is 14.3 Å². The van der Waals surface area contributed by atoms with Crippen LogP contribution < -0.4 is 11.1 Å². The average Bonchev–Trinajstić information content (AvgIpc) is 2.32. The number of amides is 1. The van der Waals surface area contributed by atoms with Gasteiger partial charge in [-0.2, -0.15) is 0 Å². The Morgan fingerprint density at radius 1 is 1.33 bits per heavy atom. The van der Waals surface area contributed by atoms with E-state index >= 15 is 0 Å². The van der Waals surface area contributed by atoms with Crippen molar-refractivity contribution < 1.29 is 14.3 Å². The number of benzene rings is 1. The summed E-state index contributed by atoms with van der Waals surface area (Å²) in [4.78, 5) is 15.6. The minimum Gasteiger partial charge on any atom is -0.507 e. The van der Waals surface area contributed by atoms with E-state index in [0.29, 0.717) is 11.5 Å². The lowest BCUT2D eigenvalue weighted by molar-refractivity contribution is 0.102. The summed E-state index contributed by atoms with van der Waals surface area (Å²) in [5.41, 5.74) is 5.81. The maximum absolute atomic E-state index is 12.8. The standard InChI is InChI=1S/C12H10FN3O2/c13-7-1-3-9(10(17)5-7)12(18)16-8-2-4-11(14)15-6-8/h1-6,17H,(H2,14,15)(H,16,18). The monoisotopic (exact) mass is 247 g/mol. The van der Waals surface area contributed by atoms with Crippen LogP contribution in [0, 0.1) is 5.82 Å². The molecule has 1 amide bonds. The fourth-order valence-electron chi connectivity index (χ4n) is 1.37. The number of nitrogen functional groups attached to an aromatic ring is 1. The molecule has 4 N–H and O–H groups in total. The molecule has 0 saturated carbocycles. The molecule has 1 heterocycles. The van der Waals surface area contributed by atoms with E-state index in [-0.39, 0.29) is 5.56 Å². The van der Waals surface area contributed by atoms with Gasteiger partial charge in [0.15, 0.2) is 0 Å². The highest BCUT2D eigenvalue weighted by Crippen LogP contribution is 2.19. The first kappa shape index (κ1) is 11.8. The molecule has 18 heavy (non-hydrogen) atoms. The van der Waals surface area contributed by atoms with Crippen LogP contribution in [-0.2, 0) is 0 Å². The van der Waals surface area contributed by atoms with Crippen molar-refractivity contribution in [1.82, 2.24) is 4.98 Å². The third-order valence-electron chi connectivity index (χ3n) is 2.25. The number of halogens is 1. The Morgan fingerprint density at radius 3 is 2.72 bits per heavy atom. The van der Waals surface area contributed by atoms with E-state index in [0.717, 1.165) is 12.1 Å². The highest BCUT2D eigenvalue weighted by Gasteiger charge is 2.12. The van der Waals surface area contributed by atoms with Crippen LogP contribution in [-0.4, -0.2) is 16.0 Å². The van der Waals surface area contributed by atoms with Gasteiger partial charge >= 0.3 is 0 Å². The predicted octanol–water partition coefficient (Wildman–Crippen LogP) is 1.76. The number of carbonyl (C=O) groups excluding carboxylic acids is 1. The predicted molar refractivity (Wildman–Crippen MR) is 64.7 cm³/mol. The number of nitrogens with two attached hydrogens (primary N) is 1. The minimum absolute atomic E-state index is 0.0202. The summed E-state index contributed by atoms with van der Waals surface area (Å²) in [6, 6.07) is 6.26. The molecule has 1 aromatic heterocycles. The third-order valence-corrected chi connectivity index (χ3v) is 2.25. The number of aromatic nitrogens is 1. The number of phenols is 1. The summed E-state index contributed by atoms with van der Waals surface area (Å²) in [5.74, 6) is -1.26. The van der Waals surface area contributed by atoms with Crippen molar-refractivity contribution in [2.75, 3.05) is 11.1 Å². The second-order valence-corrected chi connectivity index (χ2v) is 3.59. The first-order valence-electron chi connectivity index (χ1n) is 5.07. The Hall–Kier alpha value is -2.63. The quantitative estimate of drug-likeness (QED) is 0.754. The Morgan fingerprint density at radius 2 is 2.11 bits per heavy atom. The van der Waals surface area contributed by atoms with Crippen LogP contribution >= 0.6 is 0 Å².